The second-order valence-corrected chi connectivity index (χ2v) is 6.59. The summed E-state index contributed by atoms with van der Waals surface area (Å²) in [4.78, 5) is 21.3. The minimum Gasteiger partial charge on any atom is -0.382 e. The number of hydrogen-bond donors (Lipinski definition) is 2. The molecule has 0 unspecified atom stereocenters. The molecule has 0 fully saturated rings. The smallest absolute Gasteiger partial charge is 0.282 e. The van der Waals surface area contributed by atoms with Gasteiger partial charge in [-0.3, -0.25) is 9.36 Å². The van der Waals surface area contributed by atoms with E-state index < -0.39 is 6.04 Å². The molecule has 0 amide bonds. The first kappa shape index (κ1) is 18.2. The summed E-state index contributed by atoms with van der Waals surface area (Å²) in [5.41, 5.74) is 7.79. The summed E-state index contributed by atoms with van der Waals surface area (Å²) < 4.78 is 3.14. The Morgan fingerprint density at radius 3 is 2.69 bits per heavy atom. The highest BCUT2D eigenvalue weighted by Crippen LogP contribution is 2.23. The summed E-state index contributed by atoms with van der Waals surface area (Å²) in [5.74, 6) is 0.831. The number of aryl methyl sites for hydroxylation is 1. The number of para-hydroxylation sites is 1. The molecule has 0 aliphatic carbocycles. The van der Waals surface area contributed by atoms with Crippen LogP contribution < -0.4 is 16.6 Å². The van der Waals surface area contributed by atoms with Crippen LogP contribution in [0.25, 0.3) is 11.2 Å². The van der Waals surface area contributed by atoms with Gasteiger partial charge in [0.1, 0.15) is 35.1 Å². The molecule has 1 aromatic carbocycles. The average molecular weight is 386 g/mol. The maximum atomic E-state index is 13.3. The van der Waals surface area contributed by atoms with Gasteiger partial charge in [-0.2, -0.15) is 10.4 Å². The summed E-state index contributed by atoms with van der Waals surface area (Å²) in [6.45, 7) is 3.71. The molecule has 3 heterocycles. The van der Waals surface area contributed by atoms with Crippen LogP contribution >= 0.6 is 0 Å². The molecule has 9 heteroatoms. The lowest BCUT2D eigenvalue weighted by Gasteiger charge is -2.20. The van der Waals surface area contributed by atoms with Crippen LogP contribution in [0.2, 0.25) is 0 Å². The number of aromatic nitrogens is 5. The minimum absolute atomic E-state index is 0.0853. The summed E-state index contributed by atoms with van der Waals surface area (Å²) in [6.07, 6.45) is 3.03. The number of nitrogens with zero attached hydrogens (tertiary/aromatic N) is 6. The zero-order chi connectivity index (χ0) is 20.5. The normalized spacial score (nSPS) is 11.9. The number of nitrogens with one attached hydrogen (secondary N) is 1. The quantitative estimate of drug-likeness (QED) is 0.550. The predicted molar refractivity (Wildman–Crippen MR) is 109 cm³/mol. The third-order valence-electron chi connectivity index (χ3n) is 4.66. The lowest BCUT2D eigenvalue weighted by Crippen LogP contribution is -2.29. The summed E-state index contributed by atoms with van der Waals surface area (Å²) >= 11 is 0. The van der Waals surface area contributed by atoms with Crippen molar-refractivity contribution >= 4 is 17.2 Å². The van der Waals surface area contributed by atoms with Crippen LogP contribution in [0.1, 0.15) is 29.9 Å². The van der Waals surface area contributed by atoms with E-state index in [1.54, 1.807) is 15.3 Å². The van der Waals surface area contributed by atoms with Gasteiger partial charge >= 0.3 is 0 Å². The van der Waals surface area contributed by atoms with Crippen LogP contribution in [0, 0.1) is 18.3 Å². The van der Waals surface area contributed by atoms with Crippen LogP contribution in [0.3, 0.4) is 0 Å². The number of fused-ring (bicyclic) bond motifs is 1. The Morgan fingerprint density at radius 2 is 1.97 bits per heavy atom. The lowest BCUT2D eigenvalue weighted by molar-refractivity contribution is 0.672. The maximum absolute atomic E-state index is 13.3. The van der Waals surface area contributed by atoms with Crippen LogP contribution in [0.5, 0.6) is 0 Å². The molecule has 0 saturated heterocycles. The van der Waals surface area contributed by atoms with Crippen LogP contribution in [-0.2, 0) is 0 Å². The molecule has 0 aliphatic rings. The first-order chi connectivity index (χ1) is 14.0. The first-order valence-corrected chi connectivity index (χ1v) is 8.94. The Kier molecular flexibility index (Phi) is 4.44. The van der Waals surface area contributed by atoms with Gasteiger partial charge in [0.15, 0.2) is 5.82 Å². The fourth-order valence-corrected chi connectivity index (χ4v) is 3.23. The Bertz CT molecular complexity index is 1300. The van der Waals surface area contributed by atoms with Crippen molar-refractivity contribution in [2.24, 2.45) is 0 Å². The van der Waals surface area contributed by atoms with E-state index in [0.717, 1.165) is 5.56 Å². The molecule has 3 aromatic heterocycles. The van der Waals surface area contributed by atoms with Gasteiger partial charge < -0.3 is 11.1 Å². The number of nitrogens with two attached hydrogens (primary N) is 1. The van der Waals surface area contributed by atoms with Crippen LogP contribution in [0.15, 0.2) is 53.7 Å². The highest BCUT2D eigenvalue weighted by atomic mass is 16.1. The Morgan fingerprint density at radius 1 is 1.21 bits per heavy atom. The molecule has 29 heavy (non-hydrogen) atoms. The van der Waals surface area contributed by atoms with Gasteiger partial charge in [0, 0.05) is 6.20 Å². The fraction of sp³-hybridized carbons (Fsp3) is 0.150. The van der Waals surface area contributed by atoms with Gasteiger partial charge in [-0.1, -0.05) is 18.2 Å². The Hall–Kier alpha value is -4.19. The predicted octanol–water partition coefficient (Wildman–Crippen LogP) is 2.21. The molecule has 0 saturated carbocycles. The second kappa shape index (κ2) is 7.09. The van der Waals surface area contributed by atoms with Gasteiger partial charge in [-0.15, -0.1) is 0 Å². The van der Waals surface area contributed by atoms with E-state index in [-0.39, 0.29) is 22.8 Å². The topological polar surface area (TPSA) is 127 Å². The summed E-state index contributed by atoms with van der Waals surface area (Å²) in [6, 6.07) is 12.7. The molecule has 3 N–H and O–H groups in total. The number of anilines is 2. The van der Waals surface area contributed by atoms with E-state index in [0.29, 0.717) is 17.0 Å². The zero-order valence-corrected chi connectivity index (χ0v) is 15.9. The minimum atomic E-state index is -0.462. The molecule has 0 aliphatic heterocycles. The van der Waals surface area contributed by atoms with E-state index in [4.69, 9.17) is 5.73 Å². The molecule has 1 atom stereocenters. The highest BCUT2D eigenvalue weighted by molar-refractivity contribution is 5.62. The molecular weight excluding hydrogens is 368 g/mol. The van der Waals surface area contributed by atoms with Crippen molar-refractivity contribution in [1.29, 1.82) is 5.26 Å². The third-order valence-corrected chi connectivity index (χ3v) is 4.66. The molecule has 144 valence electrons. The fourth-order valence-electron chi connectivity index (χ4n) is 3.23. The number of nitrogen functional groups attached to an aromatic ring is 1. The van der Waals surface area contributed by atoms with Crippen molar-refractivity contribution in [3.05, 3.63) is 76.2 Å². The average Bonchev–Trinajstić information content (AvgIpc) is 3.10. The van der Waals surface area contributed by atoms with Gasteiger partial charge in [0.2, 0.25) is 0 Å². The van der Waals surface area contributed by atoms with E-state index in [2.05, 4.69) is 20.4 Å². The highest BCUT2D eigenvalue weighted by Gasteiger charge is 2.21. The van der Waals surface area contributed by atoms with E-state index in [1.807, 2.05) is 56.3 Å². The van der Waals surface area contributed by atoms with Gasteiger partial charge in [-0.25, -0.2) is 14.5 Å². The largest absolute Gasteiger partial charge is 0.382 e. The molecule has 0 bridgehead atoms. The molecule has 9 nitrogen and oxygen atoms in total. The number of benzene rings is 1. The number of rotatable bonds is 4. The standard InChI is InChI=1S/C20H18N8O/c1-12-8-9-27-16(12)20(29)28(14-6-4-3-5-7-14)19(26-27)13(2)25-18-15(10-21)17(22)23-11-24-18/h3-9,11,13H,1-2H3,(H3,22,23,24,25)/t13-/m0/s1. The third kappa shape index (κ3) is 3.06. The molecule has 0 spiro atoms. The molecule has 4 rings (SSSR count). The monoisotopic (exact) mass is 386 g/mol. The lowest BCUT2D eigenvalue weighted by atomic mass is 10.2. The van der Waals surface area contributed by atoms with Crippen LogP contribution in [-0.4, -0.2) is 24.1 Å². The molecular formula is C20H18N8O. The Balaban J connectivity index is 1.90. The van der Waals surface area contributed by atoms with Gasteiger partial charge in [-0.05, 0) is 37.6 Å². The van der Waals surface area contributed by atoms with E-state index in [9.17, 15) is 10.1 Å². The van der Waals surface area contributed by atoms with Crippen molar-refractivity contribution in [3.8, 4) is 11.8 Å². The first-order valence-electron chi connectivity index (χ1n) is 8.94. The molecule has 4 aromatic rings. The van der Waals surface area contributed by atoms with Crippen molar-refractivity contribution < 1.29 is 0 Å². The van der Waals surface area contributed by atoms with Crippen LogP contribution in [0.4, 0.5) is 11.6 Å². The van der Waals surface area contributed by atoms with E-state index in [1.165, 1.54) is 6.33 Å². The van der Waals surface area contributed by atoms with Crippen molar-refractivity contribution in [2.45, 2.75) is 19.9 Å². The number of nitriles is 1. The van der Waals surface area contributed by atoms with Gasteiger partial charge in [0.05, 0.1) is 11.7 Å². The Labute approximate surface area is 166 Å². The summed E-state index contributed by atoms with van der Waals surface area (Å²) in [5, 5.41) is 17.2. The zero-order valence-electron chi connectivity index (χ0n) is 15.9. The van der Waals surface area contributed by atoms with Crippen molar-refractivity contribution in [2.75, 3.05) is 11.1 Å². The SMILES string of the molecule is Cc1ccn2nc([C@H](C)Nc3ncnc(N)c3C#N)n(-c3ccccc3)c(=O)c12. The van der Waals surface area contributed by atoms with Crippen molar-refractivity contribution in [1.82, 2.24) is 24.1 Å². The van der Waals surface area contributed by atoms with Crippen molar-refractivity contribution in [3.63, 3.8) is 0 Å². The maximum Gasteiger partial charge on any atom is 0.282 e. The van der Waals surface area contributed by atoms with E-state index >= 15 is 0 Å². The summed E-state index contributed by atoms with van der Waals surface area (Å²) in [7, 11) is 0. The number of hydrogen-bond acceptors (Lipinski definition) is 7. The second-order valence-electron chi connectivity index (χ2n) is 6.59. The van der Waals surface area contributed by atoms with Gasteiger partial charge in [0.25, 0.3) is 5.56 Å². The molecule has 0 radical (unpaired) electrons.